The Bertz CT molecular complexity index is 851. The van der Waals surface area contributed by atoms with Gasteiger partial charge in [-0.3, -0.25) is 9.59 Å². The number of carbonyl (C=O) groups excluding carboxylic acids is 2. The highest BCUT2D eigenvalue weighted by molar-refractivity contribution is 6.07. The highest BCUT2D eigenvalue weighted by atomic mass is 16.5. The molecule has 0 saturated carbocycles. The van der Waals surface area contributed by atoms with Crippen molar-refractivity contribution < 1.29 is 23.2 Å². The van der Waals surface area contributed by atoms with Crippen molar-refractivity contribution in [1.82, 2.24) is 10.7 Å². The molecule has 0 radical (unpaired) electrons. The van der Waals surface area contributed by atoms with Crippen LogP contribution in [0.25, 0.3) is 0 Å². The Kier molecular flexibility index (Phi) is 5.75. The van der Waals surface area contributed by atoms with Crippen LogP contribution in [-0.2, 0) is 11.2 Å². The van der Waals surface area contributed by atoms with Crippen LogP contribution in [0.3, 0.4) is 0 Å². The van der Waals surface area contributed by atoms with Gasteiger partial charge in [-0.2, -0.15) is 5.10 Å². The van der Waals surface area contributed by atoms with Crippen LogP contribution in [0.5, 0.6) is 0 Å². The normalized spacial score (nSPS) is 16.0. The van der Waals surface area contributed by atoms with E-state index in [4.69, 9.17) is 13.6 Å². The average molecular weight is 373 g/mol. The van der Waals surface area contributed by atoms with E-state index in [1.54, 1.807) is 19.2 Å². The predicted octanol–water partition coefficient (Wildman–Crippen LogP) is 2.42. The van der Waals surface area contributed by atoms with Crippen molar-refractivity contribution >= 4 is 17.5 Å². The van der Waals surface area contributed by atoms with Gasteiger partial charge in [0.05, 0.1) is 18.6 Å². The van der Waals surface area contributed by atoms with Gasteiger partial charge in [0, 0.05) is 30.7 Å². The van der Waals surface area contributed by atoms with E-state index in [1.807, 2.05) is 13.8 Å². The van der Waals surface area contributed by atoms with E-state index >= 15 is 0 Å². The van der Waals surface area contributed by atoms with E-state index < -0.39 is 5.91 Å². The lowest BCUT2D eigenvalue weighted by molar-refractivity contribution is 0.0874. The van der Waals surface area contributed by atoms with Crippen LogP contribution in [0, 0.1) is 6.92 Å². The lowest BCUT2D eigenvalue weighted by Crippen LogP contribution is -2.35. The van der Waals surface area contributed by atoms with Crippen LogP contribution < -0.4 is 10.7 Å². The van der Waals surface area contributed by atoms with Gasteiger partial charge >= 0.3 is 5.91 Å². The molecule has 3 rings (SSSR count). The first kappa shape index (κ1) is 18.9. The third kappa shape index (κ3) is 4.11. The van der Waals surface area contributed by atoms with Crippen LogP contribution in [0.2, 0.25) is 0 Å². The third-order valence-electron chi connectivity index (χ3n) is 4.36. The first-order chi connectivity index (χ1) is 13.0. The molecule has 1 aliphatic rings. The summed E-state index contributed by atoms with van der Waals surface area (Å²) in [7, 11) is 1.58. The fourth-order valence-electron chi connectivity index (χ4n) is 3.16. The van der Waals surface area contributed by atoms with Crippen molar-refractivity contribution in [3.05, 3.63) is 46.8 Å². The number of hydrogen-bond acceptors (Lipinski definition) is 6. The van der Waals surface area contributed by atoms with Gasteiger partial charge in [-0.05, 0) is 38.8 Å². The van der Waals surface area contributed by atoms with Gasteiger partial charge in [-0.1, -0.05) is 0 Å². The number of rotatable bonds is 6. The standard InChI is InChI=1S/C19H23N3O5/c1-11(10-25-3)20-19(24)17-12(2)16-13(6-4-7-14(16)27-17)21-22-18(23)15-8-5-9-26-15/h5,8-9,11H,4,6-7,10H2,1-3H3,(H,20,24)(H,22,23)/b21-13+. The lowest BCUT2D eigenvalue weighted by atomic mass is 9.93. The van der Waals surface area contributed by atoms with Gasteiger partial charge in [0.25, 0.3) is 5.91 Å². The molecule has 0 saturated heterocycles. The molecule has 2 amide bonds. The summed E-state index contributed by atoms with van der Waals surface area (Å²) in [5, 5.41) is 7.10. The minimum atomic E-state index is -0.424. The summed E-state index contributed by atoms with van der Waals surface area (Å²) >= 11 is 0. The minimum Gasteiger partial charge on any atom is -0.459 e. The van der Waals surface area contributed by atoms with E-state index in [1.165, 1.54) is 6.26 Å². The molecule has 0 spiro atoms. The summed E-state index contributed by atoms with van der Waals surface area (Å²) in [5.74, 6) is 0.466. The maximum absolute atomic E-state index is 12.5. The molecule has 2 heterocycles. The smallest absolute Gasteiger partial charge is 0.307 e. The molecule has 2 N–H and O–H groups in total. The Hall–Kier alpha value is -2.87. The molecular weight excluding hydrogens is 350 g/mol. The second-order valence-corrected chi connectivity index (χ2v) is 6.51. The molecular formula is C19H23N3O5. The molecule has 8 heteroatoms. The van der Waals surface area contributed by atoms with Crippen LogP contribution >= 0.6 is 0 Å². The summed E-state index contributed by atoms with van der Waals surface area (Å²) in [6, 6.07) is 3.06. The number of aryl methyl sites for hydroxylation is 1. The number of furan rings is 2. The molecule has 2 aromatic heterocycles. The summed E-state index contributed by atoms with van der Waals surface area (Å²) in [5.41, 5.74) is 4.72. The zero-order valence-corrected chi connectivity index (χ0v) is 15.6. The largest absolute Gasteiger partial charge is 0.459 e. The number of ether oxygens (including phenoxy) is 1. The lowest BCUT2D eigenvalue weighted by Gasteiger charge is -2.13. The van der Waals surface area contributed by atoms with Gasteiger partial charge in [0.2, 0.25) is 0 Å². The molecule has 1 atom stereocenters. The fraction of sp³-hybridized carbons (Fsp3) is 0.421. The van der Waals surface area contributed by atoms with Crippen molar-refractivity contribution in [2.24, 2.45) is 5.10 Å². The van der Waals surface area contributed by atoms with Gasteiger partial charge in [0.15, 0.2) is 11.5 Å². The highest BCUT2D eigenvalue weighted by Gasteiger charge is 2.28. The van der Waals surface area contributed by atoms with Crippen molar-refractivity contribution in [2.75, 3.05) is 13.7 Å². The predicted molar refractivity (Wildman–Crippen MR) is 97.9 cm³/mol. The maximum Gasteiger partial charge on any atom is 0.307 e. The van der Waals surface area contributed by atoms with E-state index in [9.17, 15) is 9.59 Å². The molecule has 0 aliphatic heterocycles. The van der Waals surface area contributed by atoms with E-state index in [2.05, 4.69) is 15.8 Å². The number of amides is 2. The number of fused-ring (bicyclic) bond motifs is 1. The molecule has 0 fully saturated rings. The van der Waals surface area contributed by atoms with Crippen LogP contribution in [0.15, 0.2) is 32.3 Å². The van der Waals surface area contributed by atoms with Crippen molar-refractivity contribution in [3.8, 4) is 0 Å². The van der Waals surface area contributed by atoms with Gasteiger partial charge < -0.3 is 18.9 Å². The Morgan fingerprint density at radius 3 is 2.85 bits per heavy atom. The Morgan fingerprint density at radius 2 is 2.15 bits per heavy atom. The zero-order valence-electron chi connectivity index (χ0n) is 15.6. The number of nitrogens with zero attached hydrogens (tertiary/aromatic N) is 1. The van der Waals surface area contributed by atoms with E-state index in [-0.39, 0.29) is 23.5 Å². The fourth-order valence-corrected chi connectivity index (χ4v) is 3.16. The highest BCUT2D eigenvalue weighted by Crippen LogP contribution is 2.29. The monoisotopic (exact) mass is 373 g/mol. The first-order valence-corrected chi connectivity index (χ1v) is 8.84. The molecule has 2 aromatic rings. The van der Waals surface area contributed by atoms with Gasteiger partial charge in [-0.25, -0.2) is 5.43 Å². The van der Waals surface area contributed by atoms with Crippen molar-refractivity contribution in [1.29, 1.82) is 0 Å². The third-order valence-corrected chi connectivity index (χ3v) is 4.36. The second kappa shape index (κ2) is 8.22. The second-order valence-electron chi connectivity index (χ2n) is 6.51. The van der Waals surface area contributed by atoms with Gasteiger partial charge in [-0.15, -0.1) is 0 Å². The summed E-state index contributed by atoms with van der Waals surface area (Å²) < 4.78 is 15.9. The molecule has 0 bridgehead atoms. The number of carbonyl (C=O) groups is 2. The van der Waals surface area contributed by atoms with Crippen molar-refractivity contribution in [2.45, 2.75) is 39.2 Å². The Morgan fingerprint density at radius 1 is 1.33 bits per heavy atom. The Labute approximate surface area is 156 Å². The molecule has 27 heavy (non-hydrogen) atoms. The maximum atomic E-state index is 12.5. The molecule has 1 unspecified atom stereocenters. The SMILES string of the molecule is COCC(C)NC(=O)c1oc2c(c1C)/C(=N/NC(=O)c1ccco1)CCC2. The van der Waals surface area contributed by atoms with Crippen LogP contribution in [0.4, 0.5) is 0 Å². The number of hydrogen-bond donors (Lipinski definition) is 2. The molecule has 8 nitrogen and oxygen atoms in total. The number of methoxy groups -OCH3 is 1. The minimum absolute atomic E-state index is 0.134. The van der Waals surface area contributed by atoms with Crippen LogP contribution in [0.1, 0.15) is 57.8 Å². The topological polar surface area (TPSA) is 106 Å². The quantitative estimate of drug-likeness (QED) is 0.757. The molecule has 1 aliphatic carbocycles. The zero-order chi connectivity index (χ0) is 19.4. The summed E-state index contributed by atoms with van der Waals surface area (Å²) in [4.78, 5) is 24.5. The van der Waals surface area contributed by atoms with Crippen molar-refractivity contribution in [3.63, 3.8) is 0 Å². The van der Waals surface area contributed by atoms with E-state index in [0.29, 0.717) is 24.5 Å². The summed E-state index contributed by atoms with van der Waals surface area (Å²) in [6.45, 7) is 4.10. The van der Waals surface area contributed by atoms with E-state index in [0.717, 1.165) is 24.0 Å². The molecule has 144 valence electrons. The number of nitrogens with one attached hydrogen (secondary N) is 2. The molecule has 0 aromatic carbocycles. The van der Waals surface area contributed by atoms with Crippen LogP contribution in [-0.4, -0.2) is 37.3 Å². The summed E-state index contributed by atoms with van der Waals surface area (Å²) in [6.07, 6.45) is 3.67. The first-order valence-electron chi connectivity index (χ1n) is 8.84. The average Bonchev–Trinajstić information content (AvgIpc) is 3.28. The Balaban J connectivity index is 1.81. The van der Waals surface area contributed by atoms with Gasteiger partial charge in [0.1, 0.15) is 5.76 Å². The number of hydrazone groups is 1.